The fourth-order valence-corrected chi connectivity index (χ4v) is 3.82. The van der Waals surface area contributed by atoms with Crippen molar-refractivity contribution >= 4 is 23.7 Å². The third-order valence-corrected chi connectivity index (χ3v) is 5.55. The zero-order valence-corrected chi connectivity index (χ0v) is 19.6. The second-order valence-corrected chi connectivity index (χ2v) is 7.99. The normalized spacial score (nSPS) is 16.7. The summed E-state index contributed by atoms with van der Waals surface area (Å²) in [7, 11) is 2.89. The van der Waals surface area contributed by atoms with Crippen LogP contribution in [0.1, 0.15) is 29.7 Å². The number of fused-ring (bicyclic) bond motifs is 1. The smallest absolute Gasteiger partial charge is 0.221 e. The highest BCUT2D eigenvalue weighted by molar-refractivity contribution is 5.88. The number of phenolic OH excluding ortho intramolecular Hbond substituents is 1. The first-order valence-corrected chi connectivity index (χ1v) is 11.0. The highest BCUT2D eigenvalue weighted by Crippen LogP contribution is 2.44. The van der Waals surface area contributed by atoms with Crippen LogP contribution in [0.15, 0.2) is 54.6 Å². The predicted molar refractivity (Wildman–Crippen MR) is 132 cm³/mol. The average molecular weight is 478 g/mol. The van der Waals surface area contributed by atoms with Crippen molar-refractivity contribution in [3.63, 3.8) is 0 Å². The Balaban J connectivity index is 1.58. The number of carbonyl (C=O) groups is 1. The van der Waals surface area contributed by atoms with Gasteiger partial charge in [0, 0.05) is 18.2 Å². The third kappa shape index (κ3) is 5.33. The summed E-state index contributed by atoms with van der Waals surface area (Å²) in [5.74, 6) is 1.27. The van der Waals surface area contributed by atoms with Crippen LogP contribution in [-0.2, 0) is 4.79 Å². The fourth-order valence-electron chi connectivity index (χ4n) is 3.82. The van der Waals surface area contributed by atoms with Gasteiger partial charge in [-0.3, -0.25) is 4.79 Å². The summed E-state index contributed by atoms with van der Waals surface area (Å²) >= 11 is 0. The molecule has 3 aromatic rings. The molecule has 1 aliphatic rings. The second-order valence-electron chi connectivity index (χ2n) is 7.99. The second kappa shape index (κ2) is 10.4. The van der Waals surface area contributed by atoms with E-state index in [4.69, 9.17) is 18.9 Å². The van der Waals surface area contributed by atoms with E-state index in [-0.39, 0.29) is 29.8 Å². The highest BCUT2D eigenvalue weighted by Gasteiger charge is 2.34. The van der Waals surface area contributed by atoms with Crippen LogP contribution < -0.4 is 24.3 Å². The number of amides is 1. The summed E-state index contributed by atoms with van der Waals surface area (Å²) in [5.41, 5.74) is 3.22. The van der Waals surface area contributed by atoms with Gasteiger partial charge in [0.2, 0.25) is 11.7 Å². The van der Waals surface area contributed by atoms with E-state index in [1.165, 1.54) is 21.1 Å². The average Bonchev–Trinajstić information content (AvgIpc) is 2.87. The summed E-state index contributed by atoms with van der Waals surface area (Å²) in [4.78, 5) is 11.2. The van der Waals surface area contributed by atoms with Gasteiger partial charge in [0.15, 0.2) is 35.2 Å². The largest absolute Gasteiger partial charge is 0.502 e. The van der Waals surface area contributed by atoms with Crippen LogP contribution in [-0.4, -0.2) is 43.1 Å². The summed E-state index contributed by atoms with van der Waals surface area (Å²) in [5, 5.41) is 22.9. The minimum atomic E-state index is -0.662. The number of hydrogen-bond donors (Lipinski definition) is 3. The van der Waals surface area contributed by atoms with Crippen molar-refractivity contribution in [3.05, 3.63) is 71.3 Å². The van der Waals surface area contributed by atoms with Crippen molar-refractivity contribution in [3.8, 4) is 28.7 Å². The van der Waals surface area contributed by atoms with E-state index in [9.17, 15) is 15.0 Å². The molecule has 0 spiro atoms. The third-order valence-electron chi connectivity index (χ3n) is 5.55. The van der Waals surface area contributed by atoms with Gasteiger partial charge >= 0.3 is 0 Å². The maximum atomic E-state index is 11.2. The summed E-state index contributed by atoms with van der Waals surface area (Å²) in [6.45, 7) is 1.20. The number of rotatable bonds is 7. The Labute approximate surface area is 203 Å². The molecule has 4 rings (SSSR count). The van der Waals surface area contributed by atoms with Crippen LogP contribution in [0.25, 0.3) is 12.2 Å². The van der Waals surface area contributed by atoms with Crippen molar-refractivity contribution in [1.29, 1.82) is 0 Å². The molecular weight excluding hydrogens is 450 g/mol. The Bertz CT molecular complexity index is 1210. The molecule has 0 fully saturated rings. The topological polar surface area (TPSA) is 106 Å². The minimum Gasteiger partial charge on any atom is -0.502 e. The summed E-state index contributed by atoms with van der Waals surface area (Å²) in [6.07, 6.45) is 2.57. The molecule has 1 heterocycles. The van der Waals surface area contributed by atoms with E-state index in [0.29, 0.717) is 17.1 Å². The molecule has 0 aliphatic carbocycles. The Kier molecular flexibility index (Phi) is 7.12. The number of aromatic hydroxyl groups is 1. The Morgan fingerprint density at radius 1 is 0.943 bits per heavy atom. The number of aliphatic hydroxyl groups is 1. The van der Waals surface area contributed by atoms with Crippen LogP contribution in [0, 0.1) is 0 Å². The number of nitrogens with one attached hydrogen (secondary N) is 1. The molecule has 182 valence electrons. The van der Waals surface area contributed by atoms with E-state index < -0.39 is 12.2 Å². The molecule has 0 aromatic heterocycles. The number of hydrogen-bond acceptors (Lipinski definition) is 7. The van der Waals surface area contributed by atoms with E-state index in [1.807, 2.05) is 48.6 Å². The molecule has 2 atom stereocenters. The van der Waals surface area contributed by atoms with Crippen molar-refractivity contribution in [2.45, 2.75) is 19.1 Å². The van der Waals surface area contributed by atoms with Gasteiger partial charge in [-0.25, -0.2) is 0 Å². The quantitative estimate of drug-likeness (QED) is 0.433. The maximum absolute atomic E-state index is 11.2. The van der Waals surface area contributed by atoms with Gasteiger partial charge in [0.1, 0.15) is 0 Å². The molecular formula is C27H27NO7. The van der Waals surface area contributed by atoms with Crippen LogP contribution in [0.2, 0.25) is 0 Å². The Hall–Kier alpha value is -4.17. The van der Waals surface area contributed by atoms with Gasteiger partial charge in [0.05, 0.1) is 20.8 Å². The lowest BCUT2D eigenvalue weighted by Gasteiger charge is -2.33. The molecule has 0 bridgehead atoms. The number of methoxy groups -OCH3 is 2. The molecule has 0 saturated carbocycles. The van der Waals surface area contributed by atoms with Gasteiger partial charge in [-0.1, -0.05) is 30.4 Å². The molecule has 0 saturated heterocycles. The predicted octanol–water partition coefficient (Wildman–Crippen LogP) is 4.41. The zero-order chi connectivity index (χ0) is 24.9. The lowest BCUT2D eigenvalue weighted by atomic mass is 10.0. The molecule has 3 N–H and O–H groups in total. The van der Waals surface area contributed by atoms with E-state index in [2.05, 4.69) is 5.32 Å². The van der Waals surface area contributed by atoms with Crippen molar-refractivity contribution in [2.75, 3.05) is 26.1 Å². The number of anilines is 1. The molecule has 35 heavy (non-hydrogen) atoms. The summed E-state index contributed by atoms with van der Waals surface area (Å²) < 4.78 is 22.8. The molecule has 0 unspecified atom stereocenters. The number of aliphatic hydroxyl groups excluding tert-OH is 1. The lowest BCUT2D eigenvalue weighted by molar-refractivity contribution is -0.114. The van der Waals surface area contributed by atoms with Crippen molar-refractivity contribution in [2.24, 2.45) is 0 Å². The maximum Gasteiger partial charge on any atom is 0.221 e. The monoisotopic (exact) mass is 477 g/mol. The first-order chi connectivity index (χ1) is 16.9. The van der Waals surface area contributed by atoms with Crippen LogP contribution in [0.3, 0.4) is 0 Å². The van der Waals surface area contributed by atoms with Gasteiger partial charge in [0.25, 0.3) is 0 Å². The number of benzene rings is 3. The molecule has 1 amide bonds. The molecule has 0 radical (unpaired) electrons. The summed E-state index contributed by atoms with van der Waals surface area (Å²) in [6, 6.07) is 16.3. The fraction of sp³-hybridized carbons (Fsp3) is 0.222. The number of phenols is 1. The van der Waals surface area contributed by atoms with Gasteiger partial charge in [-0.2, -0.15) is 0 Å². The van der Waals surface area contributed by atoms with Crippen LogP contribution >= 0.6 is 0 Å². The van der Waals surface area contributed by atoms with E-state index in [1.54, 1.807) is 18.2 Å². The molecule has 8 heteroatoms. The molecule has 8 nitrogen and oxygen atoms in total. The van der Waals surface area contributed by atoms with Crippen molar-refractivity contribution < 1.29 is 34.0 Å². The molecule has 3 aromatic carbocycles. The van der Waals surface area contributed by atoms with Gasteiger partial charge in [-0.05, 0) is 47.5 Å². The molecule has 1 aliphatic heterocycles. The SMILES string of the molecule is COc1cc([C@@H]2Oc3cc(/C=C/c4ccc(NC(C)=O)cc4)ccc3O[C@H]2CO)cc(OC)c1O. The van der Waals surface area contributed by atoms with E-state index in [0.717, 1.165) is 16.8 Å². The lowest BCUT2D eigenvalue weighted by Crippen LogP contribution is -2.36. The minimum absolute atomic E-state index is 0.115. The Morgan fingerprint density at radius 2 is 1.57 bits per heavy atom. The van der Waals surface area contributed by atoms with Crippen LogP contribution in [0.4, 0.5) is 5.69 Å². The standard InChI is InChI=1S/C27H27NO7/c1-16(30)28-20-9-6-17(7-10-20)4-5-18-8-11-21-22(12-18)35-27(25(15-29)34-21)19-13-23(32-2)26(31)24(14-19)33-3/h4-14,25,27,29,31H,15H2,1-3H3,(H,28,30)/b5-4+/t25-,27-/m0/s1. The van der Waals surface area contributed by atoms with Gasteiger partial charge in [-0.15, -0.1) is 0 Å². The van der Waals surface area contributed by atoms with E-state index >= 15 is 0 Å². The van der Waals surface area contributed by atoms with Gasteiger partial charge < -0.3 is 34.5 Å². The van der Waals surface area contributed by atoms with Crippen molar-refractivity contribution in [1.82, 2.24) is 0 Å². The highest BCUT2D eigenvalue weighted by atomic mass is 16.6. The number of carbonyl (C=O) groups excluding carboxylic acids is 1. The number of ether oxygens (including phenoxy) is 4. The van der Waals surface area contributed by atoms with Crippen LogP contribution in [0.5, 0.6) is 28.7 Å². The zero-order valence-electron chi connectivity index (χ0n) is 19.6. The first kappa shape index (κ1) is 24.0. The first-order valence-electron chi connectivity index (χ1n) is 11.0. The Morgan fingerprint density at radius 3 is 2.17 bits per heavy atom.